The van der Waals surface area contributed by atoms with Gasteiger partial charge in [0.2, 0.25) is 0 Å². The summed E-state index contributed by atoms with van der Waals surface area (Å²) in [5.74, 6) is 0.0843. The third-order valence-electron chi connectivity index (χ3n) is 3.41. The van der Waals surface area contributed by atoms with E-state index in [9.17, 15) is 4.79 Å². The Balaban J connectivity index is 1.91. The minimum atomic E-state index is 0.0843. The maximum atomic E-state index is 12.7. The highest BCUT2D eigenvalue weighted by molar-refractivity contribution is 7.17. The van der Waals surface area contributed by atoms with Crippen molar-refractivity contribution in [2.75, 3.05) is 26.2 Å². The van der Waals surface area contributed by atoms with Crippen molar-refractivity contribution in [2.45, 2.75) is 13.3 Å². The summed E-state index contributed by atoms with van der Waals surface area (Å²) >= 11 is 1.41. The molecule has 0 atom stereocenters. The highest BCUT2D eigenvalue weighted by Gasteiger charge is 2.24. The van der Waals surface area contributed by atoms with Gasteiger partial charge >= 0.3 is 0 Å². The number of hydrogen-bond acceptors (Lipinski definition) is 6. The van der Waals surface area contributed by atoms with Gasteiger partial charge < -0.3 is 10.2 Å². The topological polar surface area (TPSA) is 71.0 Å². The Morgan fingerprint density at radius 1 is 1.38 bits per heavy atom. The molecule has 1 aliphatic rings. The van der Waals surface area contributed by atoms with Crippen LogP contribution in [0, 0.1) is 0 Å². The van der Waals surface area contributed by atoms with Gasteiger partial charge in [0.05, 0.1) is 11.9 Å². The van der Waals surface area contributed by atoms with Crippen LogP contribution >= 0.6 is 11.3 Å². The molecule has 0 bridgehead atoms. The third-order valence-corrected chi connectivity index (χ3v) is 4.52. The second kappa shape index (κ2) is 6.28. The second-order valence-corrected chi connectivity index (χ2v) is 5.78. The second-order valence-electron chi connectivity index (χ2n) is 4.78. The minimum absolute atomic E-state index is 0.0843. The van der Waals surface area contributed by atoms with Crippen molar-refractivity contribution in [3.05, 3.63) is 29.2 Å². The summed E-state index contributed by atoms with van der Waals surface area (Å²) in [7, 11) is 0. The van der Waals surface area contributed by atoms with E-state index in [4.69, 9.17) is 0 Å². The van der Waals surface area contributed by atoms with Crippen LogP contribution in [0.15, 0.2) is 18.6 Å². The van der Waals surface area contributed by atoms with Gasteiger partial charge in [0.1, 0.15) is 15.6 Å². The monoisotopic (exact) mass is 303 g/mol. The molecule has 1 amide bonds. The molecule has 1 fully saturated rings. The summed E-state index contributed by atoms with van der Waals surface area (Å²) < 4.78 is 0. The van der Waals surface area contributed by atoms with E-state index in [-0.39, 0.29) is 5.91 Å². The van der Waals surface area contributed by atoms with E-state index in [0.717, 1.165) is 53.9 Å². The fourth-order valence-electron chi connectivity index (χ4n) is 2.29. The van der Waals surface area contributed by atoms with E-state index in [2.05, 4.69) is 20.3 Å². The number of aryl methyl sites for hydroxylation is 1. The van der Waals surface area contributed by atoms with Crippen molar-refractivity contribution in [1.29, 1.82) is 0 Å². The van der Waals surface area contributed by atoms with E-state index < -0.39 is 0 Å². The van der Waals surface area contributed by atoms with Crippen molar-refractivity contribution in [3.63, 3.8) is 0 Å². The molecule has 2 aromatic heterocycles. The number of piperazine rings is 1. The van der Waals surface area contributed by atoms with Crippen molar-refractivity contribution in [2.24, 2.45) is 0 Å². The van der Waals surface area contributed by atoms with Gasteiger partial charge in [-0.05, 0) is 6.42 Å². The van der Waals surface area contributed by atoms with Gasteiger partial charge in [-0.15, -0.1) is 11.3 Å². The van der Waals surface area contributed by atoms with Crippen LogP contribution in [0.25, 0.3) is 10.7 Å². The molecule has 1 N–H and O–H groups in total. The Kier molecular flexibility index (Phi) is 4.21. The predicted octanol–water partition coefficient (Wildman–Crippen LogP) is 1.21. The van der Waals surface area contributed by atoms with Gasteiger partial charge in [-0.1, -0.05) is 6.92 Å². The van der Waals surface area contributed by atoms with Crippen LogP contribution in [0.4, 0.5) is 0 Å². The van der Waals surface area contributed by atoms with Crippen LogP contribution in [0.2, 0.25) is 0 Å². The van der Waals surface area contributed by atoms with Crippen LogP contribution in [-0.4, -0.2) is 51.9 Å². The Morgan fingerprint density at radius 3 is 2.86 bits per heavy atom. The van der Waals surface area contributed by atoms with E-state index >= 15 is 0 Å². The minimum Gasteiger partial charge on any atom is -0.335 e. The SMILES string of the molecule is CCc1nc(-c2cnccn2)sc1C(=O)N1CCNCC1. The van der Waals surface area contributed by atoms with Gasteiger partial charge in [0.25, 0.3) is 5.91 Å². The lowest BCUT2D eigenvalue weighted by atomic mass is 10.2. The molecule has 0 spiro atoms. The molecular formula is C14H17N5OS. The lowest BCUT2D eigenvalue weighted by molar-refractivity contribution is 0.0739. The number of carbonyl (C=O) groups is 1. The average molecular weight is 303 g/mol. The standard InChI is InChI=1S/C14H17N5OS/c1-2-10-12(14(20)19-7-5-15-6-8-19)21-13(18-10)11-9-16-3-4-17-11/h3-4,9,15H,2,5-8H2,1H3. The smallest absolute Gasteiger partial charge is 0.265 e. The zero-order valence-electron chi connectivity index (χ0n) is 11.9. The third kappa shape index (κ3) is 2.93. The number of carbonyl (C=O) groups excluding carboxylic acids is 1. The molecule has 0 saturated carbocycles. The Hall–Kier alpha value is -1.86. The fourth-order valence-corrected chi connectivity index (χ4v) is 3.37. The number of rotatable bonds is 3. The zero-order chi connectivity index (χ0) is 14.7. The normalized spacial score (nSPS) is 15.2. The molecule has 6 nitrogen and oxygen atoms in total. The van der Waals surface area contributed by atoms with E-state index in [0.29, 0.717) is 0 Å². The first kappa shape index (κ1) is 14.1. The number of aromatic nitrogens is 3. The Morgan fingerprint density at radius 2 is 2.19 bits per heavy atom. The molecule has 1 aliphatic heterocycles. The van der Waals surface area contributed by atoms with Crippen molar-refractivity contribution in [3.8, 4) is 10.7 Å². The molecule has 3 heterocycles. The summed E-state index contributed by atoms with van der Waals surface area (Å²) in [6.07, 6.45) is 5.69. The lowest BCUT2D eigenvalue weighted by Gasteiger charge is -2.27. The maximum absolute atomic E-state index is 12.7. The summed E-state index contributed by atoms with van der Waals surface area (Å²) in [6, 6.07) is 0. The van der Waals surface area contributed by atoms with Gasteiger partial charge in [-0.3, -0.25) is 14.8 Å². The van der Waals surface area contributed by atoms with Crippen molar-refractivity contribution >= 4 is 17.2 Å². The zero-order valence-corrected chi connectivity index (χ0v) is 12.7. The molecule has 3 rings (SSSR count). The van der Waals surface area contributed by atoms with Crippen molar-refractivity contribution in [1.82, 2.24) is 25.2 Å². The average Bonchev–Trinajstić information content (AvgIpc) is 3.00. The number of nitrogens with one attached hydrogen (secondary N) is 1. The Labute approximate surface area is 127 Å². The summed E-state index contributed by atoms with van der Waals surface area (Å²) in [6.45, 7) is 5.22. The first-order valence-corrected chi connectivity index (χ1v) is 7.87. The largest absolute Gasteiger partial charge is 0.335 e. The fraction of sp³-hybridized carbons (Fsp3) is 0.429. The van der Waals surface area contributed by atoms with E-state index in [1.165, 1.54) is 11.3 Å². The summed E-state index contributed by atoms with van der Waals surface area (Å²) in [4.78, 5) is 28.2. The van der Waals surface area contributed by atoms with E-state index in [1.807, 2.05) is 11.8 Å². The number of amides is 1. The quantitative estimate of drug-likeness (QED) is 0.923. The molecule has 7 heteroatoms. The Bertz CT molecular complexity index is 622. The first-order chi connectivity index (χ1) is 10.3. The first-order valence-electron chi connectivity index (χ1n) is 7.05. The summed E-state index contributed by atoms with van der Waals surface area (Å²) in [5, 5.41) is 4.02. The van der Waals surface area contributed by atoms with Gasteiger partial charge in [0, 0.05) is 38.6 Å². The van der Waals surface area contributed by atoms with E-state index in [1.54, 1.807) is 18.6 Å². The molecule has 0 unspecified atom stereocenters. The van der Waals surface area contributed by atoms with Crippen LogP contribution in [0.1, 0.15) is 22.3 Å². The molecule has 21 heavy (non-hydrogen) atoms. The van der Waals surface area contributed by atoms with Crippen LogP contribution < -0.4 is 5.32 Å². The number of nitrogens with zero attached hydrogens (tertiary/aromatic N) is 4. The molecule has 0 aromatic carbocycles. The lowest BCUT2D eigenvalue weighted by Crippen LogP contribution is -2.46. The summed E-state index contributed by atoms with van der Waals surface area (Å²) in [5.41, 5.74) is 1.57. The molecule has 1 saturated heterocycles. The van der Waals surface area contributed by atoms with Crippen LogP contribution in [0.3, 0.4) is 0 Å². The molecular weight excluding hydrogens is 286 g/mol. The molecule has 110 valence electrons. The maximum Gasteiger partial charge on any atom is 0.265 e. The predicted molar refractivity (Wildman–Crippen MR) is 81.3 cm³/mol. The highest BCUT2D eigenvalue weighted by atomic mass is 32.1. The number of thiazole rings is 1. The van der Waals surface area contributed by atoms with Crippen LogP contribution in [-0.2, 0) is 6.42 Å². The van der Waals surface area contributed by atoms with Gasteiger partial charge in [-0.25, -0.2) is 4.98 Å². The van der Waals surface area contributed by atoms with Crippen molar-refractivity contribution < 1.29 is 4.79 Å². The van der Waals surface area contributed by atoms with Crippen LogP contribution in [0.5, 0.6) is 0 Å². The highest BCUT2D eigenvalue weighted by Crippen LogP contribution is 2.28. The van der Waals surface area contributed by atoms with Gasteiger partial charge in [0.15, 0.2) is 0 Å². The molecule has 0 radical (unpaired) electrons. The molecule has 2 aromatic rings. The number of hydrogen-bond donors (Lipinski definition) is 1. The van der Waals surface area contributed by atoms with Gasteiger partial charge in [-0.2, -0.15) is 0 Å². The molecule has 0 aliphatic carbocycles.